The molecule has 0 fully saturated rings. The molecule has 0 amide bonds. The average Bonchev–Trinajstić information content (AvgIpc) is 3.79. The quantitative estimate of drug-likeness (QED) is 0.130. The van der Waals surface area contributed by atoms with Gasteiger partial charge in [0.05, 0.1) is 11.6 Å². The van der Waals surface area contributed by atoms with Gasteiger partial charge in [0, 0.05) is 49.5 Å². The summed E-state index contributed by atoms with van der Waals surface area (Å²) in [5.74, 6) is 3.04. The van der Waals surface area contributed by atoms with E-state index in [1.165, 1.54) is 10.3 Å². The molecule has 5 aromatic carbocycles. The van der Waals surface area contributed by atoms with Crippen molar-refractivity contribution in [3.63, 3.8) is 0 Å². The molecule has 7 heteroatoms. The van der Waals surface area contributed by atoms with Gasteiger partial charge in [-0.15, -0.1) is 11.3 Å². The molecule has 51 heavy (non-hydrogen) atoms. The lowest BCUT2D eigenvalue weighted by Gasteiger charge is -2.24. The summed E-state index contributed by atoms with van der Waals surface area (Å²) in [7, 11) is 0. The van der Waals surface area contributed by atoms with Gasteiger partial charge in [-0.05, 0) is 24.6 Å². The zero-order valence-corrected chi connectivity index (χ0v) is 28.5. The van der Waals surface area contributed by atoms with Crippen molar-refractivity contribution in [1.82, 2.24) is 15.0 Å². The minimum Gasteiger partial charge on any atom is -0.484 e. The van der Waals surface area contributed by atoms with Crippen LogP contribution in [0, 0.1) is 12.8 Å². The standard InChI is InChI=1S/C44H31N5OS/c1-28-22-24-29(25-23-28)26-45-43(46-36-27-51-38-21-9-8-16-32(36)38)35-19-10-17-33-39-34(18-11-20-37(39)50-40(33)35)44-48-41(30-12-4-2-5-13-30)47-42(49-44)31-14-6-3-7-15-31/h2-27,35,40H,1H3. The van der Waals surface area contributed by atoms with Crippen LogP contribution < -0.4 is 4.74 Å². The summed E-state index contributed by atoms with van der Waals surface area (Å²) in [6, 6.07) is 42.9. The topological polar surface area (TPSA) is 72.6 Å². The Bertz CT molecular complexity index is 2460. The molecule has 0 saturated carbocycles. The predicted octanol–water partition coefficient (Wildman–Crippen LogP) is 10.6. The molecule has 1 aliphatic carbocycles. The molecular formula is C44H31N5OS. The van der Waals surface area contributed by atoms with Crippen LogP contribution in [0.2, 0.25) is 0 Å². The van der Waals surface area contributed by atoms with Crippen molar-refractivity contribution in [1.29, 1.82) is 0 Å². The molecule has 7 aromatic rings. The molecule has 0 spiro atoms. The third-order valence-electron chi connectivity index (χ3n) is 9.15. The first kappa shape index (κ1) is 30.7. The van der Waals surface area contributed by atoms with Crippen molar-refractivity contribution < 1.29 is 4.74 Å². The van der Waals surface area contributed by atoms with Crippen molar-refractivity contribution >= 4 is 44.7 Å². The van der Waals surface area contributed by atoms with Crippen LogP contribution in [-0.2, 0) is 0 Å². The highest BCUT2D eigenvalue weighted by atomic mass is 32.1. The lowest BCUT2D eigenvalue weighted by molar-refractivity contribution is 0.255. The van der Waals surface area contributed by atoms with Crippen LogP contribution in [0.1, 0.15) is 16.7 Å². The van der Waals surface area contributed by atoms with E-state index < -0.39 is 0 Å². The van der Waals surface area contributed by atoms with Crippen LogP contribution >= 0.6 is 11.3 Å². The van der Waals surface area contributed by atoms with E-state index in [0.29, 0.717) is 23.3 Å². The Hall–Kier alpha value is -6.31. The highest BCUT2D eigenvalue weighted by Crippen LogP contribution is 2.47. The highest BCUT2D eigenvalue weighted by Gasteiger charge is 2.40. The van der Waals surface area contributed by atoms with Crippen LogP contribution in [0.3, 0.4) is 0 Å². The number of ether oxygens (including phenoxy) is 1. The number of benzene rings is 5. The van der Waals surface area contributed by atoms with Crippen LogP contribution in [0.4, 0.5) is 5.69 Å². The number of allylic oxidation sites excluding steroid dienone is 2. The molecule has 9 rings (SSSR count). The van der Waals surface area contributed by atoms with Crippen molar-refractivity contribution in [3.8, 4) is 39.9 Å². The summed E-state index contributed by atoms with van der Waals surface area (Å²) in [5.41, 5.74) is 7.87. The number of rotatable bonds is 6. The van der Waals surface area contributed by atoms with Gasteiger partial charge in [-0.3, -0.25) is 0 Å². The van der Waals surface area contributed by atoms with Crippen LogP contribution in [0.25, 0.3) is 49.8 Å². The Labute approximate surface area is 299 Å². The lowest BCUT2D eigenvalue weighted by atomic mass is 9.86. The van der Waals surface area contributed by atoms with E-state index in [1.807, 2.05) is 79.0 Å². The normalized spacial score (nSPS) is 16.6. The third-order valence-corrected chi connectivity index (χ3v) is 10.1. The maximum absolute atomic E-state index is 6.83. The fourth-order valence-corrected chi connectivity index (χ4v) is 7.46. The first-order chi connectivity index (χ1) is 25.2. The number of aromatic nitrogens is 3. The Kier molecular flexibility index (Phi) is 7.95. The molecule has 2 aliphatic rings. The van der Waals surface area contributed by atoms with Crippen LogP contribution in [0.15, 0.2) is 161 Å². The number of thiophene rings is 1. The second-order valence-corrected chi connectivity index (χ2v) is 13.5. The lowest BCUT2D eigenvalue weighted by Crippen LogP contribution is -2.30. The molecule has 6 nitrogen and oxygen atoms in total. The summed E-state index contributed by atoms with van der Waals surface area (Å²) in [6.45, 7) is 2.08. The van der Waals surface area contributed by atoms with Gasteiger partial charge >= 0.3 is 0 Å². The van der Waals surface area contributed by atoms with Crippen molar-refractivity contribution in [2.45, 2.75) is 13.0 Å². The van der Waals surface area contributed by atoms with Gasteiger partial charge < -0.3 is 4.74 Å². The molecule has 2 unspecified atom stereocenters. The molecule has 1 aliphatic heterocycles. The molecule has 244 valence electrons. The largest absolute Gasteiger partial charge is 0.484 e. The van der Waals surface area contributed by atoms with Crippen LogP contribution in [0.5, 0.6) is 5.75 Å². The van der Waals surface area contributed by atoms with Crippen molar-refractivity contribution in [3.05, 3.63) is 168 Å². The Balaban J connectivity index is 1.14. The van der Waals surface area contributed by atoms with Crippen molar-refractivity contribution in [2.75, 3.05) is 0 Å². The Morgan fingerprint density at radius 1 is 0.725 bits per heavy atom. The number of nitrogens with zero attached hydrogens (tertiary/aromatic N) is 5. The van der Waals surface area contributed by atoms with Gasteiger partial charge in [-0.2, -0.15) is 0 Å². The molecule has 2 aromatic heterocycles. The first-order valence-electron chi connectivity index (χ1n) is 16.9. The number of hydrogen-bond donors (Lipinski definition) is 0. The smallest absolute Gasteiger partial charge is 0.164 e. The van der Waals surface area contributed by atoms with E-state index in [4.69, 9.17) is 29.7 Å². The Morgan fingerprint density at radius 2 is 1.41 bits per heavy atom. The number of aryl methyl sites for hydroxylation is 1. The van der Waals surface area contributed by atoms with E-state index in [2.05, 4.69) is 85.1 Å². The monoisotopic (exact) mass is 677 g/mol. The molecule has 3 heterocycles. The van der Waals surface area contributed by atoms with E-state index in [9.17, 15) is 0 Å². The van der Waals surface area contributed by atoms with Gasteiger partial charge in [0.1, 0.15) is 17.7 Å². The number of amidine groups is 1. The summed E-state index contributed by atoms with van der Waals surface area (Å²) in [5, 5.41) is 3.21. The molecule has 2 atom stereocenters. The minimum atomic E-state index is -0.339. The van der Waals surface area contributed by atoms with Gasteiger partial charge in [0.2, 0.25) is 0 Å². The van der Waals surface area contributed by atoms with Crippen molar-refractivity contribution in [2.24, 2.45) is 15.9 Å². The number of hydrogen-bond acceptors (Lipinski definition) is 6. The zero-order valence-electron chi connectivity index (χ0n) is 27.7. The SMILES string of the molecule is Cc1ccc(C=NC(=Nc2csc3ccccc23)C2C=CC=C3c4c(cccc4-c4nc(-c5ccccc5)nc(-c5ccccc5)n4)OC32)cc1. The first-order valence-corrected chi connectivity index (χ1v) is 17.8. The molecular weight excluding hydrogens is 647 g/mol. The molecule has 0 N–H and O–H groups in total. The third kappa shape index (κ3) is 5.98. The second-order valence-electron chi connectivity index (χ2n) is 12.5. The highest BCUT2D eigenvalue weighted by molar-refractivity contribution is 7.17. The van der Waals surface area contributed by atoms with Gasteiger partial charge in [0.15, 0.2) is 17.5 Å². The summed E-state index contributed by atoms with van der Waals surface area (Å²) in [4.78, 5) is 25.3. The van der Waals surface area contributed by atoms with Crippen LogP contribution in [-0.4, -0.2) is 33.1 Å². The minimum absolute atomic E-state index is 0.247. The fraction of sp³-hybridized carbons (Fsp3) is 0.0682. The van der Waals surface area contributed by atoms with Gasteiger partial charge in [-0.1, -0.05) is 139 Å². The van der Waals surface area contributed by atoms with E-state index in [1.54, 1.807) is 11.3 Å². The number of fused-ring (bicyclic) bond motifs is 4. The summed E-state index contributed by atoms with van der Waals surface area (Å²) < 4.78 is 8.02. The second kappa shape index (κ2) is 13.2. The predicted molar refractivity (Wildman–Crippen MR) is 209 cm³/mol. The maximum Gasteiger partial charge on any atom is 0.164 e. The average molecular weight is 678 g/mol. The molecule has 0 radical (unpaired) electrons. The Morgan fingerprint density at radius 3 is 2.16 bits per heavy atom. The zero-order chi connectivity index (χ0) is 34.1. The maximum atomic E-state index is 6.83. The van der Waals surface area contributed by atoms with Gasteiger partial charge in [0.25, 0.3) is 0 Å². The summed E-state index contributed by atoms with van der Waals surface area (Å²) >= 11 is 1.69. The fourth-order valence-electron chi connectivity index (χ4n) is 6.59. The number of aliphatic imine (C=N–C) groups is 2. The van der Waals surface area contributed by atoms with E-state index in [-0.39, 0.29) is 12.0 Å². The van der Waals surface area contributed by atoms with Gasteiger partial charge in [-0.25, -0.2) is 24.9 Å². The molecule has 0 saturated heterocycles. The molecule has 0 bridgehead atoms. The van der Waals surface area contributed by atoms with E-state index >= 15 is 0 Å². The summed E-state index contributed by atoms with van der Waals surface area (Å²) in [6.07, 6.45) is 7.92. The van der Waals surface area contributed by atoms with E-state index in [0.717, 1.165) is 50.2 Å².